The number of hydrogen-bond donors (Lipinski definition) is 2. The average Bonchev–Trinajstić information content (AvgIpc) is 3.13. The molecule has 1 aliphatic rings. The van der Waals surface area contributed by atoms with Crippen molar-refractivity contribution in [3.63, 3.8) is 0 Å². The normalized spacial score (nSPS) is 19.9. The van der Waals surface area contributed by atoms with Gasteiger partial charge < -0.3 is 10.6 Å². The van der Waals surface area contributed by atoms with Gasteiger partial charge in [-0.1, -0.05) is 11.6 Å². The molecule has 1 aliphatic carbocycles. The molecule has 9 heteroatoms. The molecule has 0 aliphatic heterocycles. The van der Waals surface area contributed by atoms with Crippen LogP contribution in [0.3, 0.4) is 0 Å². The molecule has 1 amide bonds. The molecule has 130 valence electrons. The third-order valence-electron chi connectivity index (χ3n) is 4.06. The Morgan fingerprint density at radius 1 is 1.44 bits per heavy atom. The highest BCUT2D eigenvalue weighted by Crippen LogP contribution is 2.25. The van der Waals surface area contributed by atoms with Gasteiger partial charge in [-0.15, -0.1) is 11.3 Å². The molecule has 0 saturated heterocycles. The molecule has 2 N–H and O–H groups in total. The summed E-state index contributed by atoms with van der Waals surface area (Å²) in [6.07, 6.45) is 4.80. The summed E-state index contributed by atoms with van der Waals surface area (Å²) in [6, 6.07) is 2.83. The number of nitrogens with one attached hydrogen (secondary N) is 2. The lowest BCUT2D eigenvalue weighted by Crippen LogP contribution is -2.41. The standard InChI is InChI=1S/C16H15ClFN5OS/c17-14-9(6-19)4-12(18)15(23-14)21-10-2-1-3-11(5-10)22-16(24)13-7-20-8-25-13/h4,7-8,10-11H,1-3,5H2,(H,21,23)(H,22,24)/t10-,11+/m1/s1. The van der Waals surface area contributed by atoms with Crippen molar-refractivity contribution in [1.29, 1.82) is 5.26 Å². The van der Waals surface area contributed by atoms with Gasteiger partial charge in [0.2, 0.25) is 0 Å². The predicted octanol–water partition coefficient (Wildman–Crippen LogP) is 3.36. The Kier molecular flexibility index (Phi) is 5.46. The maximum Gasteiger partial charge on any atom is 0.263 e. The fourth-order valence-electron chi connectivity index (χ4n) is 2.88. The third kappa shape index (κ3) is 4.24. The number of anilines is 1. The molecular weight excluding hydrogens is 365 g/mol. The number of amides is 1. The number of nitrogens with zero attached hydrogens (tertiary/aromatic N) is 3. The fraction of sp³-hybridized carbons (Fsp3) is 0.375. The van der Waals surface area contributed by atoms with Crippen molar-refractivity contribution >= 4 is 34.7 Å². The largest absolute Gasteiger partial charge is 0.365 e. The average molecular weight is 380 g/mol. The number of carbonyl (C=O) groups excluding carboxylic acids is 1. The van der Waals surface area contributed by atoms with Crippen LogP contribution >= 0.6 is 22.9 Å². The summed E-state index contributed by atoms with van der Waals surface area (Å²) in [6.45, 7) is 0. The first-order valence-corrected chi connectivity index (χ1v) is 9.04. The van der Waals surface area contributed by atoms with Crippen molar-refractivity contribution in [1.82, 2.24) is 15.3 Å². The van der Waals surface area contributed by atoms with E-state index < -0.39 is 5.82 Å². The number of aromatic nitrogens is 2. The SMILES string of the molecule is N#Cc1cc(F)c(N[C@@H]2CCC[C@H](NC(=O)c3cncs3)C2)nc1Cl. The fourth-order valence-corrected chi connectivity index (χ4v) is 3.58. The van der Waals surface area contributed by atoms with Gasteiger partial charge in [-0.2, -0.15) is 5.26 Å². The number of thiazole rings is 1. The number of hydrogen-bond acceptors (Lipinski definition) is 6. The second-order valence-corrected chi connectivity index (χ2v) is 7.06. The monoisotopic (exact) mass is 379 g/mol. The summed E-state index contributed by atoms with van der Waals surface area (Å²) in [5.41, 5.74) is 1.62. The summed E-state index contributed by atoms with van der Waals surface area (Å²) < 4.78 is 14.1. The van der Waals surface area contributed by atoms with E-state index in [1.165, 1.54) is 17.5 Å². The molecule has 3 rings (SSSR count). The van der Waals surface area contributed by atoms with Crippen LogP contribution in [0.4, 0.5) is 10.2 Å². The van der Waals surface area contributed by atoms with Crippen LogP contribution in [0.1, 0.15) is 40.9 Å². The van der Waals surface area contributed by atoms with Gasteiger partial charge in [0.25, 0.3) is 5.91 Å². The second kappa shape index (κ2) is 7.76. The number of carbonyl (C=O) groups is 1. The first-order chi connectivity index (χ1) is 12.1. The van der Waals surface area contributed by atoms with Gasteiger partial charge in [-0.3, -0.25) is 9.78 Å². The van der Waals surface area contributed by atoms with E-state index in [-0.39, 0.29) is 34.5 Å². The molecule has 2 aromatic rings. The van der Waals surface area contributed by atoms with E-state index in [4.69, 9.17) is 16.9 Å². The van der Waals surface area contributed by atoms with Crippen molar-refractivity contribution in [3.05, 3.63) is 39.2 Å². The maximum absolute atomic E-state index is 14.1. The molecule has 2 aromatic heterocycles. The molecule has 0 aromatic carbocycles. The second-order valence-electron chi connectivity index (χ2n) is 5.81. The minimum atomic E-state index is -0.614. The lowest BCUT2D eigenvalue weighted by molar-refractivity contribution is 0.0930. The van der Waals surface area contributed by atoms with Gasteiger partial charge in [0.05, 0.1) is 17.3 Å². The van der Waals surface area contributed by atoms with Crippen LogP contribution in [0, 0.1) is 17.1 Å². The number of nitriles is 1. The summed E-state index contributed by atoms with van der Waals surface area (Å²) in [7, 11) is 0. The molecule has 1 fully saturated rings. The summed E-state index contributed by atoms with van der Waals surface area (Å²) in [5.74, 6) is -0.723. The van der Waals surface area contributed by atoms with Crippen LogP contribution in [0.25, 0.3) is 0 Å². The number of halogens is 2. The summed E-state index contributed by atoms with van der Waals surface area (Å²) >= 11 is 7.16. The van der Waals surface area contributed by atoms with Crippen LogP contribution in [-0.2, 0) is 0 Å². The molecule has 0 radical (unpaired) electrons. The molecule has 6 nitrogen and oxygen atoms in total. The first kappa shape index (κ1) is 17.6. The minimum absolute atomic E-state index is 0.00207. The van der Waals surface area contributed by atoms with Gasteiger partial charge in [0, 0.05) is 12.1 Å². The van der Waals surface area contributed by atoms with Gasteiger partial charge in [-0.05, 0) is 31.7 Å². The van der Waals surface area contributed by atoms with E-state index in [1.54, 1.807) is 11.6 Å². The van der Waals surface area contributed by atoms with E-state index in [0.29, 0.717) is 11.3 Å². The Balaban J connectivity index is 1.63. The Labute approximate surface area is 153 Å². The predicted molar refractivity (Wildman–Crippen MR) is 93.2 cm³/mol. The lowest BCUT2D eigenvalue weighted by Gasteiger charge is -2.30. The van der Waals surface area contributed by atoms with E-state index >= 15 is 0 Å². The molecule has 25 heavy (non-hydrogen) atoms. The molecule has 0 bridgehead atoms. The van der Waals surface area contributed by atoms with Gasteiger partial charge in [0.1, 0.15) is 16.1 Å². The minimum Gasteiger partial charge on any atom is -0.365 e. The van der Waals surface area contributed by atoms with Crippen molar-refractivity contribution in [2.75, 3.05) is 5.32 Å². The van der Waals surface area contributed by atoms with E-state index in [2.05, 4.69) is 20.6 Å². The van der Waals surface area contributed by atoms with Crippen LogP contribution in [-0.4, -0.2) is 28.0 Å². The Morgan fingerprint density at radius 3 is 2.96 bits per heavy atom. The molecule has 2 atom stereocenters. The number of rotatable bonds is 4. The van der Waals surface area contributed by atoms with Crippen molar-refractivity contribution in [2.24, 2.45) is 0 Å². The first-order valence-electron chi connectivity index (χ1n) is 7.79. The van der Waals surface area contributed by atoms with Crippen LogP contribution < -0.4 is 10.6 Å². The Morgan fingerprint density at radius 2 is 2.24 bits per heavy atom. The lowest BCUT2D eigenvalue weighted by atomic mass is 9.91. The van der Waals surface area contributed by atoms with Gasteiger partial charge >= 0.3 is 0 Å². The van der Waals surface area contributed by atoms with Crippen molar-refractivity contribution in [3.8, 4) is 6.07 Å². The highest BCUT2D eigenvalue weighted by atomic mass is 35.5. The van der Waals surface area contributed by atoms with Crippen molar-refractivity contribution in [2.45, 2.75) is 37.8 Å². The van der Waals surface area contributed by atoms with E-state index in [9.17, 15) is 9.18 Å². The zero-order valence-corrected chi connectivity index (χ0v) is 14.7. The topological polar surface area (TPSA) is 90.7 Å². The highest BCUT2D eigenvalue weighted by Gasteiger charge is 2.25. The zero-order chi connectivity index (χ0) is 17.8. The molecule has 0 unspecified atom stereocenters. The van der Waals surface area contributed by atoms with Crippen LogP contribution in [0.5, 0.6) is 0 Å². The smallest absolute Gasteiger partial charge is 0.263 e. The van der Waals surface area contributed by atoms with Gasteiger partial charge in [-0.25, -0.2) is 9.37 Å². The highest BCUT2D eigenvalue weighted by molar-refractivity contribution is 7.11. The van der Waals surface area contributed by atoms with Crippen LogP contribution in [0.2, 0.25) is 5.15 Å². The molecule has 2 heterocycles. The quantitative estimate of drug-likeness (QED) is 0.795. The molecule has 1 saturated carbocycles. The van der Waals surface area contributed by atoms with Gasteiger partial charge in [0.15, 0.2) is 11.6 Å². The van der Waals surface area contributed by atoms with Crippen LogP contribution in [0.15, 0.2) is 17.8 Å². The summed E-state index contributed by atoms with van der Waals surface area (Å²) in [5, 5.41) is 14.8. The van der Waals surface area contributed by atoms with E-state index in [1.807, 2.05) is 0 Å². The maximum atomic E-state index is 14.1. The van der Waals surface area contributed by atoms with Crippen molar-refractivity contribution < 1.29 is 9.18 Å². The Hall–Kier alpha value is -2.24. The summed E-state index contributed by atoms with van der Waals surface area (Å²) in [4.78, 5) is 20.5. The molecule has 0 spiro atoms. The third-order valence-corrected chi connectivity index (χ3v) is 5.12. The molecular formula is C16H15ClFN5OS. The zero-order valence-electron chi connectivity index (χ0n) is 13.1. The van der Waals surface area contributed by atoms with E-state index in [0.717, 1.165) is 25.3 Å². The number of pyridine rings is 1. The Bertz CT molecular complexity index is 808.